The molecule has 0 spiro atoms. The number of fused-ring (bicyclic) bond motifs is 1. The van der Waals surface area contributed by atoms with Crippen molar-refractivity contribution in [3.05, 3.63) is 135 Å². The largest absolute Gasteiger partial charge is 0.497 e. The smallest absolute Gasteiger partial charge is 0.273 e. The molecule has 0 aliphatic carbocycles. The Kier molecular flexibility index (Phi) is 7.68. The molecule has 1 atom stereocenters. The van der Waals surface area contributed by atoms with Gasteiger partial charge in [0.1, 0.15) is 23.8 Å². The molecule has 0 radical (unpaired) electrons. The van der Waals surface area contributed by atoms with Crippen LogP contribution in [0.15, 0.2) is 97.1 Å². The minimum absolute atomic E-state index is 0.0747. The molecule has 1 aliphatic heterocycles. The van der Waals surface area contributed by atoms with Crippen molar-refractivity contribution >= 4 is 29.1 Å². The van der Waals surface area contributed by atoms with Crippen LogP contribution in [0.4, 0.5) is 0 Å². The first-order valence-electron chi connectivity index (χ1n) is 13.3. The van der Waals surface area contributed by atoms with Crippen LogP contribution >= 0.6 is 23.2 Å². The van der Waals surface area contributed by atoms with Crippen LogP contribution in [0.2, 0.25) is 10.0 Å². The number of rotatable bonds is 9. The molecule has 206 valence electrons. The lowest BCUT2D eigenvalue weighted by Crippen LogP contribution is -2.31. The summed E-state index contributed by atoms with van der Waals surface area (Å²) in [6.45, 7) is 0.965. The number of nitrogens with one attached hydrogen (secondary N) is 1. The Hall–Kier alpha value is -4.26. The SMILES string of the molecule is COc1ccc(CCN2C(=O)c3[nH]nc(-c4ccc(Cl)cc4)c3C2c2ccc(OCc3ccc(Cl)cc3)cc2)cc1. The van der Waals surface area contributed by atoms with Gasteiger partial charge in [0.25, 0.3) is 5.91 Å². The molecule has 4 aromatic carbocycles. The maximum atomic E-state index is 13.7. The Balaban J connectivity index is 1.30. The van der Waals surface area contributed by atoms with Crippen LogP contribution in [0.3, 0.4) is 0 Å². The molecular weight excluding hydrogens is 557 g/mol. The summed E-state index contributed by atoms with van der Waals surface area (Å²) >= 11 is 12.1. The molecule has 0 bridgehead atoms. The summed E-state index contributed by atoms with van der Waals surface area (Å²) in [4.78, 5) is 15.6. The lowest BCUT2D eigenvalue weighted by molar-refractivity contribution is 0.0746. The molecule has 6 nitrogen and oxygen atoms in total. The highest BCUT2D eigenvalue weighted by Gasteiger charge is 2.41. The van der Waals surface area contributed by atoms with Crippen molar-refractivity contribution in [1.82, 2.24) is 15.1 Å². The first-order valence-corrected chi connectivity index (χ1v) is 14.0. The van der Waals surface area contributed by atoms with Crippen LogP contribution in [0.1, 0.15) is 38.8 Å². The van der Waals surface area contributed by atoms with Gasteiger partial charge in [-0.2, -0.15) is 5.10 Å². The number of carbonyl (C=O) groups is 1. The van der Waals surface area contributed by atoms with Crippen LogP contribution in [0, 0.1) is 0 Å². The molecule has 1 aromatic heterocycles. The van der Waals surface area contributed by atoms with Gasteiger partial charge in [0, 0.05) is 27.7 Å². The van der Waals surface area contributed by atoms with Gasteiger partial charge in [-0.25, -0.2) is 0 Å². The zero-order valence-corrected chi connectivity index (χ0v) is 23.8. The minimum atomic E-state index is -0.314. The van der Waals surface area contributed by atoms with E-state index in [-0.39, 0.29) is 11.9 Å². The molecule has 1 N–H and O–H groups in total. The van der Waals surface area contributed by atoms with E-state index >= 15 is 0 Å². The molecule has 0 fully saturated rings. The van der Waals surface area contributed by atoms with Crippen molar-refractivity contribution in [3.63, 3.8) is 0 Å². The Morgan fingerprint density at radius 1 is 0.805 bits per heavy atom. The van der Waals surface area contributed by atoms with Crippen LogP contribution in [0.25, 0.3) is 11.3 Å². The number of aromatic nitrogens is 2. The van der Waals surface area contributed by atoms with E-state index in [9.17, 15) is 4.79 Å². The number of methoxy groups -OCH3 is 1. The zero-order chi connectivity index (χ0) is 28.3. The Bertz CT molecular complexity index is 1650. The van der Waals surface area contributed by atoms with Gasteiger partial charge in [0.2, 0.25) is 0 Å². The number of hydrogen-bond acceptors (Lipinski definition) is 4. The Morgan fingerprint density at radius 2 is 1.41 bits per heavy atom. The van der Waals surface area contributed by atoms with Crippen molar-refractivity contribution in [1.29, 1.82) is 0 Å². The lowest BCUT2D eigenvalue weighted by Gasteiger charge is -2.26. The van der Waals surface area contributed by atoms with Crippen molar-refractivity contribution in [2.24, 2.45) is 0 Å². The van der Waals surface area contributed by atoms with Gasteiger partial charge >= 0.3 is 0 Å². The van der Waals surface area contributed by atoms with E-state index in [0.717, 1.165) is 45.0 Å². The molecule has 6 rings (SSSR count). The van der Waals surface area contributed by atoms with E-state index in [0.29, 0.717) is 35.3 Å². The molecule has 0 saturated heterocycles. The first kappa shape index (κ1) is 26.9. The zero-order valence-electron chi connectivity index (χ0n) is 22.3. The summed E-state index contributed by atoms with van der Waals surface area (Å²) in [5.41, 5.74) is 6.13. The van der Waals surface area contributed by atoms with E-state index in [1.165, 1.54) is 0 Å². The summed E-state index contributed by atoms with van der Waals surface area (Å²) in [5.74, 6) is 1.47. The third kappa shape index (κ3) is 5.67. The maximum absolute atomic E-state index is 13.7. The molecule has 0 saturated carbocycles. The van der Waals surface area contributed by atoms with Crippen LogP contribution < -0.4 is 9.47 Å². The molecule has 1 unspecified atom stereocenters. The summed E-state index contributed by atoms with van der Waals surface area (Å²) in [6, 6.07) is 30.6. The fourth-order valence-corrected chi connectivity index (χ4v) is 5.39. The second-order valence-electron chi connectivity index (χ2n) is 9.85. The number of H-pyrrole nitrogens is 1. The molecule has 5 aromatic rings. The number of nitrogens with zero attached hydrogens (tertiary/aromatic N) is 2. The van der Waals surface area contributed by atoms with E-state index in [4.69, 9.17) is 32.7 Å². The lowest BCUT2D eigenvalue weighted by atomic mass is 9.96. The Morgan fingerprint density at radius 3 is 2.07 bits per heavy atom. The fraction of sp³-hybridized carbons (Fsp3) is 0.152. The van der Waals surface area contributed by atoms with Gasteiger partial charge in [0.05, 0.1) is 18.8 Å². The summed E-state index contributed by atoms with van der Waals surface area (Å²) in [7, 11) is 1.65. The monoisotopic (exact) mass is 583 g/mol. The Labute approximate surface area is 248 Å². The number of benzene rings is 4. The second kappa shape index (κ2) is 11.7. The molecule has 2 heterocycles. The predicted molar refractivity (Wildman–Crippen MR) is 161 cm³/mol. The van der Waals surface area contributed by atoms with E-state index in [1.807, 2.05) is 102 Å². The van der Waals surface area contributed by atoms with Crippen molar-refractivity contribution < 1.29 is 14.3 Å². The van der Waals surface area contributed by atoms with Gasteiger partial charge in [-0.1, -0.05) is 71.7 Å². The fourth-order valence-electron chi connectivity index (χ4n) is 5.14. The molecule has 8 heteroatoms. The minimum Gasteiger partial charge on any atom is -0.497 e. The van der Waals surface area contributed by atoms with E-state index in [1.54, 1.807) is 7.11 Å². The van der Waals surface area contributed by atoms with Crippen LogP contribution in [-0.2, 0) is 13.0 Å². The van der Waals surface area contributed by atoms with Crippen molar-refractivity contribution in [2.45, 2.75) is 19.1 Å². The standard InChI is InChI=1S/C33H27Cl2N3O3/c1-40-27-14-4-21(5-15-27)18-19-38-32(24-8-16-28(17-9-24)41-20-22-2-10-25(34)11-3-22)29-30(36-37-31(29)33(38)39)23-6-12-26(35)13-7-23/h2-17,32H,18-20H2,1H3,(H,36,37). The number of ether oxygens (including phenoxy) is 2. The van der Waals surface area contributed by atoms with Gasteiger partial charge in [-0.15, -0.1) is 0 Å². The van der Waals surface area contributed by atoms with Crippen molar-refractivity contribution in [3.8, 4) is 22.8 Å². The highest BCUT2D eigenvalue weighted by atomic mass is 35.5. The number of amides is 1. The second-order valence-corrected chi connectivity index (χ2v) is 10.7. The topological polar surface area (TPSA) is 67.5 Å². The third-order valence-electron chi connectivity index (χ3n) is 7.30. The van der Waals surface area contributed by atoms with Crippen molar-refractivity contribution in [2.75, 3.05) is 13.7 Å². The van der Waals surface area contributed by atoms with Gasteiger partial charge in [-0.05, 0) is 71.6 Å². The molecular formula is C33H27Cl2N3O3. The molecule has 1 aliphatic rings. The third-order valence-corrected chi connectivity index (χ3v) is 7.80. The van der Waals surface area contributed by atoms with E-state index in [2.05, 4.69) is 10.2 Å². The summed E-state index contributed by atoms with van der Waals surface area (Å²) in [5, 5.41) is 8.91. The number of hydrogen-bond donors (Lipinski definition) is 1. The highest BCUT2D eigenvalue weighted by Crippen LogP contribution is 2.43. The normalized spacial score (nSPS) is 14.3. The number of halogens is 2. The number of aromatic amines is 1. The van der Waals surface area contributed by atoms with Gasteiger partial charge < -0.3 is 14.4 Å². The van der Waals surface area contributed by atoms with Gasteiger partial charge in [-0.3, -0.25) is 9.89 Å². The maximum Gasteiger partial charge on any atom is 0.273 e. The average molecular weight is 585 g/mol. The van der Waals surface area contributed by atoms with Crippen LogP contribution in [0.5, 0.6) is 11.5 Å². The van der Waals surface area contributed by atoms with Crippen LogP contribution in [-0.4, -0.2) is 34.7 Å². The van der Waals surface area contributed by atoms with E-state index < -0.39 is 0 Å². The predicted octanol–water partition coefficient (Wildman–Crippen LogP) is 7.76. The summed E-state index contributed by atoms with van der Waals surface area (Å²) in [6.07, 6.45) is 0.697. The number of carbonyl (C=O) groups excluding carboxylic acids is 1. The summed E-state index contributed by atoms with van der Waals surface area (Å²) < 4.78 is 11.3. The van der Waals surface area contributed by atoms with Gasteiger partial charge in [0.15, 0.2) is 0 Å². The highest BCUT2D eigenvalue weighted by molar-refractivity contribution is 6.30. The quantitative estimate of drug-likeness (QED) is 0.192. The first-order chi connectivity index (χ1) is 20.0. The molecule has 1 amide bonds. The molecule has 41 heavy (non-hydrogen) atoms. The average Bonchev–Trinajstić information content (AvgIpc) is 3.55.